The summed E-state index contributed by atoms with van der Waals surface area (Å²) in [5.41, 5.74) is 5.89. The normalized spacial score (nSPS) is 40.8. The molecule has 0 spiro atoms. The lowest BCUT2D eigenvalue weighted by Crippen LogP contribution is -2.69. The maximum atomic E-state index is 11.6. The van der Waals surface area contributed by atoms with E-state index in [4.69, 9.17) is 22.1 Å². The SMILES string of the molecule is CNC(=O)COC1CNC(C2CCC(C)C(Cl)C2)NC1N1CCC(CN)C1. The number of nitrogens with one attached hydrogen (secondary N) is 3. The van der Waals surface area contributed by atoms with E-state index in [1.165, 1.54) is 12.8 Å². The molecule has 27 heavy (non-hydrogen) atoms. The van der Waals surface area contributed by atoms with Gasteiger partial charge >= 0.3 is 0 Å². The summed E-state index contributed by atoms with van der Waals surface area (Å²) < 4.78 is 5.97. The molecule has 1 aliphatic carbocycles. The smallest absolute Gasteiger partial charge is 0.245 e. The second-order valence-electron chi connectivity index (χ2n) is 8.47. The van der Waals surface area contributed by atoms with E-state index in [-0.39, 0.29) is 36.3 Å². The van der Waals surface area contributed by atoms with Crippen LogP contribution in [0.1, 0.15) is 32.6 Å². The van der Waals surface area contributed by atoms with Crippen LogP contribution in [0.2, 0.25) is 0 Å². The predicted octanol–water partition coefficient (Wildman–Crippen LogP) is 0.287. The molecular weight excluding hydrogens is 366 g/mol. The average molecular weight is 402 g/mol. The van der Waals surface area contributed by atoms with Gasteiger partial charge < -0.3 is 15.8 Å². The molecule has 7 nitrogen and oxygen atoms in total. The van der Waals surface area contributed by atoms with E-state index in [0.29, 0.717) is 17.8 Å². The van der Waals surface area contributed by atoms with Crippen LogP contribution in [0.3, 0.4) is 0 Å². The number of nitrogens with two attached hydrogens (primary N) is 1. The van der Waals surface area contributed by atoms with Crippen molar-refractivity contribution in [3.63, 3.8) is 0 Å². The standard InChI is InChI=1S/C19H36ClN5O2/c1-12-3-4-14(7-15(12)20)18-23-9-16(27-11-17(26)22-2)19(24-18)25-6-5-13(8-21)10-25/h12-16,18-19,23-24H,3-11,21H2,1-2H3,(H,22,26). The van der Waals surface area contributed by atoms with Gasteiger partial charge in [0.2, 0.25) is 5.91 Å². The van der Waals surface area contributed by atoms with E-state index in [1.807, 2.05) is 0 Å². The minimum atomic E-state index is -0.0941. The minimum absolute atomic E-state index is 0.0654. The molecule has 0 aromatic heterocycles. The predicted molar refractivity (Wildman–Crippen MR) is 107 cm³/mol. The molecule has 156 valence electrons. The van der Waals surface area contributed by atoms with Gasteiger partial charge in [0.25, 0.3) is 0 Å². The Labute approximate surface area is 168 Å². The van der Waals surface area contributed by atoms with Crippen molar-refractivity contribution in [2.75, 3.05) is 39.8 Å². The average Bonchev–Trinajstić information content (AvgIpc) is 3.17. The summed E-state index contributed by atoms with van der Waals surface area (Å²) in [5.74, 6) is 1.57. The number of halogens is 1. The lowest BCUT2D eigenvalue weighted by Gasteiger charge is -2.46. The summed E-state index contributed by atoms with van der Waals surface area (Å²) in [7, 11) is 1.63. The van der Waals surface area contributed by atoms with Gasteiger partial charge in [-0.3, -0.25) is 20.3 Å². The first kappa shape index (κ1) is 21.3. The molecule has 7 unspecified atom stereocenters. The van der Waals surface area contributed by atoms with Gasteiger partial charge in [0.1, 0.15) is 6.61 Å². The highest BCUT2D eigenvalue weighted by Crippen LogP contribution is 2.34. The van der Waals surface area contributed by atoms with Gasteiger partial charge in [-0.05, 0) is 50.0 Å². The fourth-order valence-corrected chi connectivity index (χ4v) is 5.02. The number of carbonyl (C=O) groups excluding carboxylic acids is 1. The third-order valence-corrected chi connectivity index (χ3v) is 7.21. The summed E-state index contributed by atoms with van der Waals surface area (Å²) in [6, 6.07) is 0. The number of hydrogen-bond acceptors (Lipinski definition) is 6. The lowest BCUT2D eigenvalue weighted by molar-refractivity contribution is -0.130. The van der Waals surface area contributed by atoms with Crippen LogP contribution < -0.4 is 21.7 Å². The summed E-state index contributed by atoms with van der Waals surface area (Å²) in [6.45, 7) is 5.81. The van der Waals surface area contributed by atoms with Crippen molar-refractivity contribution in [3.8, 4) is 0 Å². The number of carbonyl (C=O) groups is 1. The highest BCUT2D eigenvalue weighted by molar-refractivity contribution is 6.20. The highest BCUT2D eigenvalue weighted by atomic mass is 35.5. The molecule has 0 bridgehead atoms. The quantitative estimate of drug-likeness (QED) is 0.478. The van der Waals surface area contributed by atoms with Crippen molar-refractivity contribution < 1.29 is 9.53 Å². The molecule has 2 saturated heterocycles. The zero-order valence-corrected chi connectivity index (χ0v) is 17.4. The highest BCUT2D eigenvalue weighted by Gasteiger charge is 2.41. The number of likely N-dealkylation sites (N-methyl/N-ethyl adjacent to an activating group) is 1. The van der Waals surface area contributed by atoms with Gasteiger partial charge in [-0.25, -0.2) is 0 Å². The van der Waals surface area contributed by atoms with Gasteiger partial charge in [-0.1, -0.05) is 6.92 Å². The molecule has 0 aromatic carbocycles. The molecule has 0 aromatic rings. The number of likely N-dealkylation sites (tertiary alicyclic amines) is 1. The zero-order valence-electron chi connectivity index (χ0n) is 16.6. The van der Waals surface area contributed by atoms with Crippen LogP contribution in [0.4, 0.5) is 0 Å². The van der Waals surface area contributed by atoms with E-state index in [2.05, 4.69) is 27.8 Å². The Morgan fingerprint density at radius 2 is 2.19 bits per heavy atom. The summed E-state index contributed by atoms with van der Waals surface area (Å²) >= 11 is 6.56. The van der Waals surface area contributed by atoms with Gasteiger partial charge in [0, 0.05) is 32.1 Å². The van der Waals surface area contributed by atoms with Gasteiger partial charge in [0.15, 0.2) is 0 Å². The second kappa shape index (κ2) is 9.85. The molecular formula is C19H36ClN5O2. The molecule has 1 saturated carbocycles. The molecule has 0 radical (unpaired) electrons. The van der Waals surface area contributed by atoms with Crippen LogP contribution >= 0.6 is 11.6 Å². The number of ether oxygens (including phenoxy) is 1. The second-order valence-corrected chi connectivity index (χ2v) is 9.03. The Morgan fingerprint density at radius 3 is 2.85 bits per heavy atom. The first-order valence-electron chi connectivity index (χ1n) is 10.4. The molecule has 7 atom stereocenters. The summed E-state index contributed by atoms with van der Waals surface area (Å²) in [5, 5.41) is 10.3. The fourth-order valence-electron chi connectivity index (χ4n) is 4.66. The Morgan fingerprint density at radius 1 is 1.37 bits per heavy atom. The maximum absolute atomic E-state index is 11.6. The third-order valence-electron chi connectivity index (χ3n) is 6.60. The van der Waals surface area contributed by atoms with Crippen molar-refractivity contribution in [2.24, 2.45) is 23.5 Å². The molecule has 3 rings (SSSR count). The van der Waals surface area contributed by atoms with Crippen molar-refractivity contribution in [2.45, 2.75) is 56.4 Å². The Kier molecular flexibility index (Phi) is 7.76. The molecule has 1 amide bonds. The van der Waals surface area contributed by atoms with Crippen molar-refractivity contribution in [1.29, 1.82) is 0 Å². The van der Waals surface area contributed by atoms with Crippen LogP contribution in [-0.4, -0.2) is 74.5 Å². The van der Waals surface area contributed by atoms with Gasteiger partial charge in [-0.2, -0.15) is 0 Å². The largest absolute Gasteiger partial charge is 0.364 e. The van der Waals surface area contributed by atoms with E-state index in [9.17, 15) is 4.79 Å². The molecule has 2 heterocycles. The fraction of sp³-hybridized carbons (Fsp3) is 0.947. The lowest BCUT2D eigenvalue weighted by atomic mass is 9.80. The first-order chi connectivity index (χ1) is 13.0. The number of rotatable bonds is 6. The number of alkyl halides is 1. The Balaban J connectivity index is 1.63. The van der Waals surface area contributed by atoms with Crippen LogP contribution in [-0.2, 0) is 9.53 Å². The minimum Gasteiger partial charge on any atom is -0.364 e. The van der Waals surface area contributed by atoms with Crippen LogP contribution in [0.15, 0.2) is 0 Å². The van der Waals surface area contributed by atoms with E-state index >= 15 is 0 Å². The molecule has 2 aliphatic heterocycles. The first-order valence-corrected chi connectivity index (χ1v) is 10.8. The number of nitrogens with zero attached hydrogens (tertiary/aromatic N) is 1. The Hall–Kier alpha value is -0.440. The van der Waals surface area contributed by atoms with E-state index in [0.717, 1.165) is 39.0 Å². The van der Waals surface area contributed by atoms with Crippen LogP contribution in [0.5, 0.6) is 0 Å². The van der Waals surface area contributed by atoms with Crippen LogP contribution in [0.25, 0.3) is 0 Å². The monoisotopic (exact) mass is 401 g/mol. The number of hydrogen-bond donors (Lipinski definition) is 4. The van der Waals surface area contributed by atoms with Crippen molar-refractivity contribution in [3.05, 3.63) is 0 Å². The van der Waals surface area contributed by atoms with Gasteiger partial charge in [0.05, 0.1) is 18.4 Å². The molecule has 3 aliphatic rings. The Bertz CT molecular complexity index is 497. The van der Waals surface area contributed by atoms with Crippen molar-refractivity contribution >= 4 is 17.5 Å². The molecule has 5 N–H and O–H groups in total. The zero-order chi connectivity index (χ0) is 19.4. The molecule has 8 heteroatoms. The third kappa shape index (κ3) is 5.34. The number of amides is 1. The summed E-state index contributed by atoms with van der Waals surface area (Å²) in [6.07, 6.45) is 4.81. The van der Waals surface area contributed by atoms with E-state index < -0.39 is 0 Å². The molecule has 3 fully saturated rings. The topological polar surface area (TPSA) is 91.6 Å². The summed E-state index contributed by atoms with van der Waals surface area (Å²) in [4.78, 5) is 14.1. The van der Waals surface area contributed by atoms with Gasteiger partial charge in [-0.15, -0.1) is 11.6 Å². The van der Waals surface area contributed by atoms with E-state index in [1.54, 1.807) is 7.05 Å². The maximum Gasteiger partial charge on any atom is 0.245 e. The van der Waals surface area contributed by atoms with Crippen molar-refractivity contribution in [1.82, 2.24) is 20.9 Å². The van der Waals surface area contributed by atoms with Crippen LogP contribution in [0, 0.1) is 17.8 Å².